The third-order valence-corrected chi connectivity index (χ3v) is 8.58. The van der Waals surface area contributed by atoms with Crippen LogP contribution < -0.4 is 5.32 Å². The van der Waals surface area contributed by atoms with Crippen molar-refractivity contribution in [2.75, 3.05) is 38.0 Å². The lowest BCUT2D eigenvalue weighted by Gasteiger charge is -2.41. The maximum absolute atomic E-state index is 13.5. The van der Waals surface area contributed by atoms with Gasteiger partial charge in [0.25, 0.3) is 5.91 Å². The number of carbonyl (C=O) groups is 1. The molecule has 1 atom stereocenters. The monoisotopic (exact) mass is 493 g/mol. The Morgan fingerprint density at radius 2 is 1.94 bits per heavy atom. The molecule has 1 unspecified atom stereocenters. The van der Waals surface area contributed by atoms with Crippen molar-refractivity contribution < 1.29 is 9.90 Å². The Kier molecular flexibility index (Phi) is 7.60. The van der Waals surface area contributed by atoms with Crippen LogP contribution in [-0.4, -0.2) is 75.7 Å². The zero-order chi connectivity index (χ0) is 24.2. The predicted octanol–water partition coefficient (Wildman–Crippen LogP) is 4.11. The van der Waals surface area contributed by atoms with Crippen LogP contribution in [0.25, 0.3) is 10.2 Å². The molecule has 2 saturated heterocycles. The molecule has 3 aromatic rings. The fourth-order valence-corrected chi connectivity index (χ4v) is 6.56. The molecule has 2 aliphatic heterocycles. The minimum atomic E-state index is -0.202. The van der Waals surface area contributed by atoms with Gasteiger partial charge in [0.05, 0.1) is 16.4 Å². The van der Waals surface area contributed by atoms with Gasteiger partial charge in [-0.05, 0) is 63.1 Å². The van der Waals surface area contributed by atoms with Crippen molar-refractivity contribution in [3.05, 3.63) is 52.7 Å². The average Bonchev–Trinajstić information content (AvgIpc) is 3.24. The molecule has 0 saturated carbocycles. The Balaban J connectivity index is 1.22. The number of aromatic nitrogens is 2. The Morgan fingerprint density at radius 1 is 1.14 bits per heavy atom. The van der Waals surface area contributed by atoms with E-state index in [4.69, 9.17) is 0 Å². The van der Waals surface area contributed by atoms with Gasteiger partial charge in [-0.2, -0.15) is 0 Å². The molecule has 186 valence electrons. The van der Waals surface area contributed by atoms with E-state index in [9.17, 15) is 9.90 Å². The number of nitrogens with zero attached hydrogens (tertiary/aromatic N) is 4. The van der Waals surface area contributed by atoms with Crippen molar-refractivity contribution in [1.29, 1.82) is 0 Å². The smallest absolute Gasteiger partial charge is 0.264 e. The van der Waals surface area contributed by atoms with Crippen molar-refractivity contribution in [1.82, 2.24) is 19.8 Å². The SMILES string of the molecule is Cc1c(C(=O)N2CCC(N3CCCC(O)C3)CC2)sc2ncnc(NCCCc3ccccc3)c12. The number of likely N-dealkylation sites (tertiary alicyclic amines) is 2. The number of amides is 1. The molecule has 1 aromatic carbocycles. The molecule has 2 N–H and O–H groups in total. The average molecular weight is 494 g/mol. The number of nitrogens with one attached hydrogen (secondary N) is 1. The standard InChI is InChI=1S/C27H35N5O2S/c1-19-23-25(28-13-5-9-20-7-3-2-4-8-20)29-18-30-26(23)35-24(19)27(34)31-15-11-21(12-16-31)32-14-6-10-22(33)17-32/h2-4,7-8,18,21-22,33H,5-6,9-17H2,1H3,(H,28,29,30). The number of aryl methyl sites for hydroxylation is 2. The van der Waals surface area contributed by atoms with Gasteiger partial charge in [0.15, 0.2) is 0 Å². The quantitative estimate of drug-likeness (QED) is 0.482. The van der Waals surface area contributed by atoms with Gasteiger partial charge >= 0.3 is 0 Å². The van der Waals surface area contributed by atoms with Gasteiger partial charge in [-0.3, -0.25) is 9.69 Å². The molecule has 0 spiro atoms. The number of fused-ring (bicyclic) bond motifs is 1. The second kappa shape index (κ2) is 11.0. The zero-order valence-corrected chi connectivity index (χ0v) is 21.3. The van der Waals surface area contributed by atoms with Crippen LogP contribution in [0.1, 0.15) is 52.9 Å². The Labute approximate surface area is 211 Å². The number of carbonyl (C=O) groups excluding carboxylic acids is 1. The lowest BCUT2D eigenvalue weighted by molar-refractivity contribution is 0.0241. The summed E-state index contributed by atoms with van der Waals surface area (Å²) in [6.45, 7) is 6.20. The van der Waals surface area contributed by atoms with E-state index in [0.717, 1.165) is 97.7 Å². The van der Waals surface area contributed by atoms with E-state index >= 15 is 0 Å². The molecule has 0 aliphatic carbocycles. The summed E-state index contributed by atoms with van der Waals surface area (Å²) in [5.74, 6) is 0.927. The number of anilines is 1. The maximum atomic E-state index is 13.5. The summed E-state index contributed by atoms with van der Waals surface area (Å²) in [5, 5.41) is 14.5. The predicted molar refractivity (Wildman–Crippen MR) is 141 cm³/mol. The molecule has 5 rings (SSSR count). The van der Waals surface area contributed by atoms with E-state index < -0.39 is 0 Å². The molecule has 8 heteroatoms. The summed E-state index contributed by atoms with van der Waals surface area (Å²) >= 11 is 1.48. The van der Waals surface area contributed by atoms with Crippen LogP contribution in [0.4, 0.5) is 5.82 Å². The van der Waals surface area contributed by atoms with Crippen LogP contribution in [0.15, 0.2) is 36.7 Å². The summed E-state index contributed by atoms with van der Waals surface area (Å²) in [4.78, 5) is 28.5. The van der Waals surface area contributed by atoms with Crippen LogP contribution in [-0.2, 0) is 6.42 Å². The van der Waals surface area contributed by atoms with Crippen LogP contribution in [0.2, 0.25) is 0 Å². The first kappa shape index (κ1) is 24.2. The van der Waals surface area contributed by atoms with Gasteiger partial charge in [-0.15, -0.1) is 11.3 Å². The minimum absolute atomic E-state index is 0.109. The molecule has 35 heavy (non-hydrogen) atoms. The largest absolute Gasteiger partial charge is 0.392 e. The summed E-state index contributed by atoms with van der Waals surface area (Å²) < 4.78 is 0. The van der Waals surface area contributed by atoms with Crippen LogP contribution in [0.5, 0.6) is 0 Å². The van der Waals surface area contributed by atoms with E-state index in [1.165, 1.54) is 16.9 Å². The van der Waals surface area contributed by atoms with Crippen molar-refractivity contribution in [2.45, 2.75) is 57.6 Å². The molecule has 2 aromatic heterocycles. The first-order valence-corrected chi connectivity index (χ1v) is 13.6. The fourth-order valence-electron chi connectivity index (χ4n) is 5.45. The highest BCUT2D eigenvalue weighted by molar-refractivity contribution is 7.20. The van der Waals surface area contributed by atoms with Crippen molar-refractivity contribution in [3.8, 4) is 0 Å². The first-order chi connectivity index (χ1) is 17.1. The second-order valence-electron chi connectivity index (χ2n) is 9.79. The lowest BCUT2D eigenvalue weighted by Crippen LogP contribution is -2.50. The normalized spacial score (nSPS) is 19.8. The minimum Gasteiger partial charge on any atom is -0.392 e. The van der Waals surface area contributed by atoms with Crippen LogP contribution >= 0.6 is 11.3 Å². The highest BCUT2D eigenvalue weighted by Crippen LogP contribution is 2.34. The van der Waals surface area contributed by atoms with Crippen molar-refractivity contribution in [3.63, 3.8) is 0 Å². The molecule has 1 amide bonds. The Hall–Kier alpha value is -2.55. The van der Waals surface area contributed by atoms with E-state index in [2.05, 4.69) is 44.5 Å². The van der Waals surface area contributed by atoms with Gasteiger partial charge in [0.1, 0.15) is 17.0 Å². The highest BCUT2D eigenvalue weighted by atomic mass is 32.1. The molecule has 2 aliphatic rings. The number of benzene rings is 1. The number of aliphatic hydroxyl groups excluding tert-OH is 1. The third kappa shape index (κ3) is 5.50. The number of rotatable bonds is 7. The third-order valence-electron chi connectivity index (χ3n) is 7.39. The molecular weight excluding hydrogens is 458 g/mol. The fraction of sp³-hybridized carbons (Fsp3) is 0.519. The molecular formula is C27H35N5O2S. The number of hydrogen-bond acceptors (Lipinski definition) is 7. The lowest BCUT2D eigenvalue weighted by atomic mass is 9.98. The van der Waals surface area contributed by atoms with Crippen LogP contribution in [0.3, 0.4) is 0 Å². The maximum Gasteiger partial charge on any atom is 0.264 e. The molecule has 4 heterocycles. The van der Waals surface area contributed by atoms with Gasteiger partial charge in [-0.1, -0.05) is 30.3 Å². The van der Waals surface area contributed by atoms with E-state index in [-0.39, 0.29) is 12.0 Å². The molecule has 2 fully saturated rings. The number of hydrogen-bond donors (Lipinski definition) is 2. The van der Waals surface area contributed by atoms with Gasteiger partial charge in [0.2, 0.25) is 0 Å². The van der Waals surface area contributed by atoms with Crippen molar-refractivity contribution in [2.24, 2.45) is 0 Å². The summed E-state index contributed by atoms with van der Waals surface area (Å²) in [6, 6.07) is 11.0. The summed E-state index contributed by atoms with van der Waals surface area (Å²) in [7, 11) is 0. The van der Waals surface area contributed by atoms with E-state index in [0.29, 0.717) is 6.04 Å². The number of thiophene rings is 1. The van der Waals surface area contributed by atoms with E-state index in [1.54, 1.807) is 6.33 Å². The molecule has 0 bridgehead atoms. The van der Waals surface area contributed by atoms with Gasteiger partial charge in [0, 0.05) is 32.2 Å². The zero-order valence-electron chi connectivity index (χ0n) is 20.4. The van der Waals surface area contributed by atoms with Crippen molar-refractivity contribution >= 4 is 33.3 Å². The van der Waals surface area contributed by atoms with Gasteiger partial charge < -0.3 is 15.3 Å². The summed E-state index contributed by atoms with van der Waals surface area (Å²) in [6.07, 6.45) is 7.31. The second-order valence-corrected chi connectivity index (χ2v) is 10.8. The number of piperidine rings is 2. The summed E-state index contributed by atoms with van der Waals surface area (Å²) in [5.41, 5.74) is 2.31. The first-order valence-electron chi connectivity index (χ1n) is 12.8. The highest BCUT2D eigenvalue weighted by Gasteiger charge is 2.31. The number of β-amino-alcohol motifs (C(OH)–C–C–N with tert-alkyl or cyclic N) is 1. The Morgan fingerprint density at radius 3 is 2.71 bits per heavy atom. The van der Waals surface area contributed by atoms with E-state index in [1.807, 2.05) is 17.9 Å². The topological polar surface area (TPSA) is 81.6 Å². The van der Waals surface area contributed by atoms with Gasteiger partial charge in [-0.25, -0.2) is 9.97 Å². The molecule has 0 radical (unpaired) electrons. The van der Waals surface area contributed by atoms with Crippen LogP contribution in [0, 0.1) is 6.92 Å². The number of aliphatic hydroxyl groups is 1. The Bertz CT molecular complexity index is 1140. The molecule has 7 nitrogen and oxygen atoms in total.